The summed E-state index contributed by atoms with van der Waals surface area (Å²) in [5.74, 6) is 0. The van der Waals surface area contributed by atoms with Gasteiger partial charge in [-0.1, -0.05) is 0 Å². The molecule has 0 saturated heterocycles. The van der Waals surface area contributed by atoms with E-state index in [9.17, 15) is 0 Å². The molecule has 2 aromatic rings. The van der Waals surface area contributed by atoms with Gasteiger partial charge in [0.2, 0.25) is 0 Å². The Bertz CT molecular complexity index is 549. The van der Waals surface area contributed by atoms with Crippen LogP contribution in [0.25, 0.3) is 6.08 Å². The molecule has 0 saturated carbocycles. The summed E-state index contributed by atoms with van der Waals surface area (Å²) in [6.45, 7) is 0.494. The normalized spacial score (nSPS) is 11.7. The molecule has 2 nitrogen and oxygen atoms in total. The van der Waals surface area contributed by atoms with Crippen LogP contribution in [0.3, 0.4) is 0 Å². The monoisotopic (exact) mass is 316 g/mol. The molecule has 1 radical (unpaired) electrons. The molecule has 0 aliphatic carbocycles. The average molecular weight is 315 g/mol. The van der Waals surface area contributed by atoms with Crippen LogP contribution in [0.15, 0.2) is 71.7 Å². The quantitative estimate of drug-likeness (QED) is 0.480. The second-order valence-corrected chi connectivity index (χ2v) is 4.57. The molecule has 19 heavy (non-hydrogen) atoms. The molecule has 0 atom stereocenters. The van der Waals surface area contributed by atoms with Gasteiger partial charge in [0.1, 0.15) is 0 Å². The van der Waals surface area contributed by atoms with Crippen molar-refractivity contribution < 1.29 is 4.74 Å². The van der Waals surface area contributed by atoms with E-state index in [1.54, 1.807) is 0 Å². The van der Waals surface area contributed by atoms with Crippen LogP contribution < -0.4 is 0 Å². The summed E-state index contributed by atoms with van der Waals surface area (Å²) in [6, 6.07) is 19.8. The molecule has 0 heterocycles. The van der Waals surface area contributed by atoms with E-state index in [1.165, 1.54) is 0 Å². The predicted molar refractivity (Wildman–Crippen MR) is 80.7 cm³/mol. The number of ether oxygens (including phenoxy) is 1. The molecule has 2 rings (SSSR count). The first-order chi connectivity index (χ1) is 9.34. The second-order valence-electron chi connectivity index (χ2n) is 3.84. The van der Waals surface area contributed by atoms with Crippen LogP contribution in [0, 0.1) is 0 Å². The third-order valence-corrected chi connectivity index (χ3v) is 2.83. The predicted octanol–water partition coefficient (Wildman–Crippen LogP) is 3.57. The molecule has 0 amide bonds. The Hall–Kier alpha value is -1.83. The van der Waals surface area contributed by atoms with E-state index < -0.39 is 0 Å². The molecular weight excluding hydrogens is 301 g/mol. The molecule has 0 aliphatic rings. The molecule has 0 N–H and O–H groups in total. The standard InChI is InChI=1S/C16H14NOSe/c19-16(17-15-11-5-2-6-12-15)18-13-7-10-14-8-3-1-4-9-14/h1-12H,13H2/b10-7+,17-16?. The van der Waals surface area contributed by atoms with Gasteiger partial charge in [-0.15, -0.1) is 0 Å². The zero-order chi connectivity index (χ0) is 13.3. The van der Waals surface area contributed by atoms with E-state index in [2.05, 4.69) is 21.0 Å². The maximum atomic E-state index is 5.48. The summed E-state index contributed by atoms with van der Waals surface area (Å²) in [5, 5.41) is 0. The Labute approximate surface area is 121 Å². The van der Waals surface area contributed by atoms with E-state index in [0.717, 1.165) is 11.3 Å². The van der Waals surface area contributed by atoms with Crippen molar-refractivity contribution in [3.8, 4) is 0 Å². The fourth-order valence-electron chi connectivity index (χ4n) is 1.51. The summed E-state index contributed by atoms with van der Waals surface area (Å²) in [7, 11) is 0. The van der Waals surface area contributed by atoms with Crippen LogP contribution in [-0.2, 0) is 4.74 Å². The Morgan fingerprint density at radius 2 is 1.63 bits per heavy atom. The summed E-state index contributed by atoms with van der Waals surface area (Å²) < 4.78 is 5.48. The first-order valence-electron chi connectivity index (χ1n) is 6.00. The van der Waals surface area contributed by atoms with Gasteiger partial charge in [-0.3, -0.25) is 0 Å². The van der Waals surface area contributed by atoms with Crippen molar-refractivity contribution in [2.75, 3.05) is 6.61 Å². The topological polar surface area (TPSA) is 21.6 Å². The van der Waals surface area contributed by atoms with Gasteiger partial charge in [0.25, 0.3) is 0 Å². The van der Waals surface area contributed by atoms with Crippen LogP contribution in [-0.4, -0.2) is 27.4 Å². The molecule has 2 aromatic carbocycles. The molecule has 3 heteroatoms. The van der Waals surface area contributed by atoms with Gasteiger partial charge in [-0.2, -0.15) is 0 Å². The van der Waals surface area contributed by atoms with Crippen molar-refractivity contribution in [1.29, 1.82) is 0 Å². The Morgan fingerprint density at radius 1 is 1.00 bits per heavy atom. The molecule has 0 fully saturated rings. The molecule has 0 spiro atoms. The number of aliphatic imine (C=N–C) groups is 1. The van der Waals surface area contributed by atoms with Crippen LogP contribution in [0.5, 0.6) is 0 Å². The van der Waals surface area contributed by atoms with Gasteiger partial charge in [-0.05, 0) is 0 Å². The van der Waals surface area contributed by atoms with E-state index >= 15 is 0 Å². The minimum absolute atomic E-state index is 0.494. The van der Waals surface area contributed by atoms with Crippen LogP contribution >= 0.6 is 0 Å². The number of hydrogen-bond donors (Lipinski definition) is 0. The average Bonchev–Trinajstić information content (AvgIpc) is 2.46. The zero-order valence-corrected chi connectivity index (χ0v) is 12.1. The number of rotatable bonds is 4. The second kappa shape index (κ2) is 7.57. The maximum absolute atomic E-state index is 5.48. The van der Waals surface area contributed by atoms with Gasteiger partial charge in [0.05, 0.1) is 0 Å². The number of nitrogens with zero attached hydrogens (tertiary/aromatic N) is 1. The molecule has 0 bridgehead atoms. The van der Waals surface area contributed by atoms with Crippen molar-refractivity contribution in [2.45, 2.75) is 0 Å². The first kappa shape index (κ1) is 13.6. The number of para-hydroxylation sites is 1. The van der Waals surface area contributed by atoms with E-state index in [4.69, 9.17) is 4.74 Å². The van der Waals surface area contributed by atoms with Gasteiger partial charge < -0.3 is 0 Å². The van der Waals surface area contributed by atoms with E-state index in [0.29, 0.717) is 11.4 Å². The van der Waals surface area contributed by atoms with Crippen molar-refractivity contribution in [3.05, 3.63) is 72.3 Å². The molecular formula is C16H14NOSe. The summed E-state index contributed by atoms with van der Waals surface area (Å²) in [5.41, 5.74) is 2.04. The summed E-state index contributed by atoms with van der Waals surface area (Å²) in [4.78, 5) is 4.85. The van der Waals surface area contributed by atoms with Crippen LogP contribution in [0.2, 0.25) is 0 Å². The van der Waals surface area contributed by atoms with Crippen LogP contribution in [0.1, 0.15) is 5.56 Å². The SMILES string of the molecule is [Se]C(=Nc1ccccc1)OC/C=C/c1ccccc1. The number of hydrogen-bond acceptors (Lipinski definition) is 2. The molecule has 95 valence electrons. The van der Waals surface area contributed by atoms with Gasteiger partial charge >= 0.3 is 121 Å². The van der Waals surface area contributed by atoms with E-state index in [1.807, 2.05) is 72.8 Å². The van der Waals surface area contributed by atoms with Crippen molar-refractivity contribution >= 4 is 32.6 Å². The summed E-state index contributed by atoms with van der Waals surface area (Å²) >= 11 is 2.82. The third kappa shape index (κ3) is 5.12. The Morgan fingerprint density at radius 3 is 2.32 bits per heavy atom. The van der Waals surface area contributed by atoms with Crippen molar-refractivity contribution in [3.63, 3.8) is 0 Å². The van der Waals surface area contributed by atoms with Crippen LogP contribution in [0.4, 0.5) is 5.69 Å². The Balaban J connectivity index is 1.83. The number of benzene rings is 2. The van der Waals surface area contributed by atoms with E-state index in [-0.39, 0.29) is 0 Å². The zero-order valence-electron chi connectivity index (χ0n) is 10.4. The fourth-order valence-corrected chi connectivity index (χ4v) is 1.87. The molecule has 0 aliphatic heterocycles. The Kier molecular flexibility index (Phi) is 5.42. The summed E-state index contributed by atoms with van der Waals surface area (Å²) in [6.07, 6.45) is 3.99. The van der Waals surface area contributed by atoms with Gasteiger partial charge in [-0.25, -0.2) is 0 Å². The third-order valence-electron chi connectivity index (χ3n) is 2.39. The van der Waals surface area contributed by atoms with Crippen molar-refractivity contribution in [2.24, 2.45) is 4.99 Å². The van der Waals surface area contributed by atoms with Gasteiger partial charge in [0.15, 0.2) is 0 Å². The fraction of sp³-hybridized carbons (Fsp3) is 0.0625. The first-order valence-corrected chi connectivity index (χ1v) is 6.85. The molecule has 0 unspecified atom stereocenters. The minimum atomic E-state index is 0.494. The molecule has 0 aromatic heterocycles. The van der Waals surface area contributed by atoms with Gasteiger partial charge in [0, 0.05) is 0 Å². The van der Waals surface area contributed by atoms with Crippen molar-refractivity contribution in [1.82, 2.24) is 0 Å².